The number of nitrogens with one attached hydrogen (secondary N) is 2. The summed E-state index contributed by atoms with van der Waals surface area (Å²) >= 11 is 0. The Bertz CT molecular complexity index is 662. The largest absolute Gasteiger partial charge is 0.486 e. The standard InChI is InChI=1S/C18H25N3O4/c1-11(2)21-10-14(9-17(21)22)20-18(23)19-12(3)13-4-5-15-16(8-13)25-7-6-24-15/h4-5,8,11-12,14H,6-7,9-10H2,1-3H3,(H2,19,20,23)/t12-,14-/m1/s1. The summed E-state index contributed by atoms with van der Waals surface area (Å²) in [6.07, 6.45) is 0.351. The first-order valence-electron chi connectivity index (χ1n) is 8.70. The smallest absolute Gasteiger partial charge is 0.315 e. The van der Waals surface area contributed by atoms with Gasteiger partial charge in [0.15, 0.2) is 11.5 Å². The first-order valence-corrected chi connectivity index (χ1v) is 8.70. The van der Waals surface area contributed by atoms with Crippen LogP contribution in [0, 0.1) is 0 Å². The second kappa shape index (κ2) is 7.21. The van der Waals surface area contributed by atoms with Crippen molar-refractivity contribution in [3.63, 3.8) is 0 Å². The number of carbonyl (C=O) groups is 2. The Morgan fingerprint density at radius 1 is 1.20 bits per heavy atom. The van der Waals surface area contributed by atoms with Crippen LogP contribution in [0.3, 0.4) is 0 Å². The van der Waals surface area contributed by atoms with Crippen molar-refractivity contribution in [2.24, 2.45) is 0 Å². The van der Waals surface area contributed by atoms with E-state index < -0.39 is 0 Å². The predicted molar refractivity (Wildman–Crippen MR) is 92.8 cm³/mol. The number of ether oxygens (including phenoxy) is 2. The van der Waals surface area contributed by atoms with Crippen molar-refractivity contribution in [3.8, 4) is 11.5 Å². The van der Waals surface area contributed by atoms with Crippen LogP contribution < -0.4 is 20.1 Å². The molecule has 25 heavy (non-hydrogen) atoms. The Morgan fingerprint density at radius 3 is 2.60 bits per heavy atom. The summed E-state index contributed by atoms with van der Waals surface area (Å²) < 4.78 is 11.1. The maximum atomic E-state index is 12.2. The van der Waals surface area contributed by atoms with E-state index in [0.29, 0.717) is 31.9 Å². The van der Waals surface area contributed by atoms with Crippen molar-refractivity contribution in [1.82, 2.24) is 15.5 Å². The molecular weight excluding hydrogens is 322 g/mol. The molecule has 136 valence electrons. The SMILES string of the molecule is CC(C)N1C[C@H](NC(=O)N[C@H](C)c2ccc3c(c2)OCCO3)CC1=O. The van der Waals surface area contributed by atoms with Crippen molar-refractivity contribution >= 4 is 11.9 Å². The molecule has 2 aliphatic heterocycles. The number of fused-ring (bicyclic) bond motifs is 1. The highest BCUT2D eigenvalue weighted by Gasteiger charge is 2.32. The average molecular weight is 347 g/mol. The molecule has 0 saturated carbocycles. The summed E-state index contributed by atoms with van der Waals surface area (Å²) in [6, 6.07) is 5.20. The van der Waals surface area contributed by atoms with Crippen LogP contribution in [0.1, 0.15) is 38.8 Å². The molecule has 2 aliphatic rings. The molecule has 3 amide bonds. The fraction of sp³-hybridized carbons (Fsp3) is 0.556. The Morgan fingerprint density at radius 2 is 1.92 bits per heavy atom. The molecule has 2 N–H and O–H groups in total. The van der Waals surface area contributed by atoms with Crippen LogP contribution in [0.4, 0.5) is 4.79 Å². The molecule has 7 nitrogen and oxygen atoms in total. The number of carbonyl (C=O) groups excluding carboxylic acids is 2. The minimum Gasteiger partial charge on any atom is -0.486 e. The van der Waals surface area contributed by atoms with Gasteiger partial charge in [-0.25, -0.2) is 4.79 Å². The van der Waals surface area contributed by atoms with Gasteiger partial charge in [-0.15, -0.1) is 0 Å². The van der Waals surface area contributed by atoms with Crippen molar-refractivity contribution in [1.29, 1.82) is 0 Å². The van der Waals surface area contributed by atoms with E-state index in [1.54, 1.807) is 4.90 Å². The Labute approximate surface area is 147 Å². The van der Waals surface area contributed by atoms with Crippen LogP contribution in [-0.4, -0.2) is 48.7 Å². The minimum absolute atomic E-state index is 0.0835. The van der Waals surface area contributed by atoms with Gasteiger partial charge in [0.05, 0.1) is 12.1 Å². The van der Waals surface area contributed by atoms with Crippen molar-refractivity contribution in [2.75, 3.05) is 19.8 Å². The molecule has 7 heteroatoms. The molecule has 2 atom stereocenters. The summed E-state index contributed by atoms with van der Waals surface area (Å²) in [5.41, 5.74) is 0.936. The van der Waals surface area contributed by atoms with Gasteiger partial charge in [0, 0.05) is 19.0 Å². The van der Waals surface area contributed by atoms with E-state index in [9.17, 15) is 9.59 Å². The summed E-state index contributed by atoms with van der Waals surface area (Å²) in [5.74, 6) is 1.51. The lowest BCUT2D eigenvalue weighted by Crippen LogP contribution is -2.44. The fourth-order valence-electron chi connectivity index (χ4n) is 3.16. The molecule has 0 unspecified atom stereocenters. The van der Waals surface area contributed by atoms with E-state index in [1.807, 2.05) is 39.0 Å². The zero-order valence-electron chi connectivity index (χ0n) is 14.9. The second-order valence-corrected chi connectivity index (χ2v) is 6.78. The Hall–Kier alpha value is -2.44. The van der Waals surface area contributed by atoms with Gasteiger partial charge in [-0.05, 0) is 38.5 Å². The molecule has 0 radical (unpaired) electrons. The quantitative estimate of drug-likeness (QED) is 0.871. The van der Waals surface area contributed by atoms with Gasteiger partial charge in [-0.2, -0.15) is 0 Å². The number of rotatable bonds is 4. The molecule has 2 heterocycles. The van der Waals surface area contributed by atoms with Gasteiger partial charge >= 0.3 is 6.03 Å². The summed E-state index contributed by atoms with van der Waals surface area (Å²) in [7, 11) is 0. The highest BCUT2D eigenvalue weighted by atomic mass is 16.6. The molecule has 0 aromatic heterocycles. The molecule has 1 fully saturated rings. The number of urea groups is 1. The summed E-state index contributed by atoms with van der Waals surface area (Å²) in [4.78, 5) is 25.9. The van der Waals surface area contributed by atoms with E-state index in [2.05, 4.69) is 10.6 Å². The number of likely N-dealkylation sites (tertiary alicyclic amines) is 1. The van der Waals surface area contributed by atoms with Gasteiger partial charge in [-0.1, -0.05) is 6.07 Å². The number of benzene rings is 1. The van der Waals surface area contributed by atoms with Crippen LogP contribution >= 0.6 is 0 Å². The van der Waals surface area contributed by atoms with Crippen LogP contribution in [0.15, 0.2) is 18.2 Å². The molecule has 0 aliphatic carbocycles. The third-order valence-corrected chi connectivity index (χ3v) is 4.53. The third kappa shape index (κ3) is 3.97. The number of hydrogen-bond donors (Lipinski definition) is 2. The van der Waals surface area contributed by atoms with Gasteiger partial charge < -0.3 is 25.0 Å². The van der Waals surface area contributed by atoms with Crippen molar-refractivity contribution in [3.05, 3.63) is 23.8 Å². The van der Waals surface area contributed by atoms with Gasteiger partial charge in [0.2, 0.25) is 5.91 Å². The van der Waals surface area contributed by atoms with Crippen molar-refractivity contribution in [2.45, 2.75) is 45.3 Å². The maximum absolute atomic E-state index is 12.2. The highest BCUT2D eigenvalue weighted by molar-refractivity contribution is 5.82. The fourth-order valence-corrected chi connectivity index (χ4v) is 3.16. The first kappa shape index (κ1) is 17.4. The zero-order valence-corrected chi connectivity index (χ0v) is 14.9. The average Bonchev–Trinajstić information content (AvgIpc) is 2.94. The first-order chi connectivity index (χ1) is 11.9. The lowest BCUT2D eigenvalue weighted by Gasteiger charge is -2.22. The third-order valence-electron chi connectivity index (χ3n) is 4.53. The monoisotopic (exact) mass is 347 g/mol. The molecule has 1 saturated heterocycles. The minimum atomic E-state index is -0.272. The van der Waals surface area contributed by atoms with E-state index in [0.717, 1.165) is 11.3 Å². The van der Waals surface area contributed by atoms with Crippen LogP contribution in [0.25, 0.3) is 0 Å². The van der Waals surface area contributed by atoms with Gasteiger partial charge in [-0.3, -0.25) is 4.79 Å². The van der Waals surface area contributed by atoms with E-state index in [4.69, 9.17) is 9.47 Å². The lowest BCUT2D eigenvalue weighted by atomic mass is 10.1. The van der Waals surface area contributed by atoms with E-state index >= 15 is 0 Å². The number of amides is 3. The maximum Gasteiger partial charge on any atom is 0.315 e. The molecule has 1 aromatic rings. The molecular formula is C18H25N3O4. The van der Waals surface area contributed by atoms with Crippen LogP contribution in [0.2, 0.25) is 0 Å². The molecule has 1 aromatic carbocycles. The lowest BCUT2D eigenvalue weighted by molar-refractivity contribution is -0.129. The normalized spacial score (nSPS) is 20.6. The zero-order chi connectivity index (χ0) is 18.0. The van der Waals surface area contributed by atoms with Crippen LogP contribution in [-0.2, 0) is 4.79 Å². The van der Waals surface area contributed by atoms with Gasteiger partial charge in [0.1, 0.15) is 13.2 Å². The van der Waals surface area contributed by atoms with E-state index in [1.165, 1.54) is 0 Å². The summed E-state index contributed by atoms with van der Waals surface area (Å²) in [6.45, 7) is 7.50. The Kier molecular flexibility index (Phi) is 5.01. The molecule has 0 bridgehead atoms. The van der Waals surface area contributed by atoms with Crippen molar-refractivity contribution < 1.29 is 19.1 Å². The van der Waals surface area contributed by atoms with Gasteiger partial charge in [0.25, 0.3) is 0 Å². The molecule has 3 rings (SSSR count). The molecule has 0 spiro atoms. The number of hydrogen-bond acceptors (Lipinski definition) is 4. The second-order valence-electron chi connectivity index (χ2n) is 6.78. The Balaban J connectivity index is 1.55. The topological polar surface area (TPSA) is 79.9 Å². The summed E-state index contributed by atoms with van der Waals surface area (Å²) in [5, 5.41) is 5.80. The van der Waals surface area contributed by atoms with Crippen LogP contribution in [0.5, 0.6) is 11.5 Å². The number of nitrogens with zero attached hydrogens (tertiary/aromatic N) is 1. The highest BCUT2D eigenvalue weighted by Crippen LogP contribution is 2.32. The van der Waals surface area contributed by atoms with E-state index in [-0.39, 0.29) is 30.1 Å². The predicted octanol–water partition coefficient (Wildman–Crippen LogP) is 1.83.